The number of hydrogen-bond donors (Lipinski definition) is 1. The number of ether oxygens (including phenoxy) is 2. The van der Waals surface area contributed by atoms with Crippen molar-refractivity contribution < 1.29 is 14.3 Å². The highest BCUT2D eigenvalue weighted by molar-refractivity contribution is 5.90. The molecule has 17 heavy (non-hydrogen) atoms. The molecule has 0 bridgehead atoms. The van der Waals surface area contributed by atoms with Gasteiger partial charge in [-0.3, -0.25) is 4.79 Å². The van der Waals surface area contributed by atoms with Gasteiger partial charge in [-0.1, -0.05) is 13.0 Å². The van der Waals surface area contributed by atoms with E-state index in [9.17, 15) is 4.79 Å². The van der Waals surface area contributed by atoms with Gasteiger partial charge in [0.25, 0.3) is 0 Å². The Balaban J connectivity index is 2.87. The van der Waals surface area contributed by atoms with Gasteiger partial charge in [-0.15, -0.1) is 0 Å². The summed E-state index contributed by atoms with van der Waals surface area (Å²) >= 11 is 0. The van der Waals surface area contributed by atoms with Gasteiger partial charge >= 0.3 is 0 Å². The normalized spacial score (nSPS) is 10.5. The van der Waals surface area contributed by atoms with Crippen molar-refractivity contribution in [1.29, 1.82) is 0 Å². The molecule has 1 aromatic carbocycles. The smallest absolute Gasteiger partial charge is 0.241 e. The van der Waals surface area contributed by atoms with E-state index in [1.165, 1.54) is 6.08 Å². The molecule has 0 saturated heterocycles. The average Bonchev–Trinajstić information content (AvgIpc) is 2.34. The van der Waals surface area contributed by atoms with Gasteiger partial charge in [0.05, 0.1) is 13.7 Å². The van der Waals surface area contributed by atoms with E-state index < -0.39 is 5.91 Å². The van der Waals surface area contributed by atoms with Crippen molar-refractivity contribution in [3.8, 4) is 11.5 Å². The van der Waals surface area contributed by atoms with Crippen LogP contribution in [-0.2, 0) is 4.79 Å². The summed E-state index contributed by atoms with van der Waals surface area (Å²) in [4.78, 5) is 10.6. The van der Waals surface area contributed by atoms with Gasteiger partial charge in [0, 0.05) is 6.08 Å². The van der Waals surface area contributed by atoms with Crippen LogP contribution in [0.3, 0.4) is 0 Å². The van der Waals surface area contributed by atoms with Crippen LogP contribution in [-0.4, -0.2) is 19.6 Å². The van der Waals surface area contributed by atoms with Crippen molar-refractivity contribution in [2.45, 2.75) is 13.3 Å². The number of carbonyl (C=O) groups is 1. The number of hydrogen-bond acceptors (Lipinski definition) is 3. The molecule has 1 amide bonds. The summed E-state index contributed by atoms with van der Waals surface area (Å²) < 4.78 is 10.7. The Morgan fingerprint density at radius 1 is 1.41 bits per heavy atom. The average molecular weight is 235 g/mol. The second-order valence-corrected chi connectivity index (χ2v) is 3.49. The van der Waals surface area contributed by atoms with E-state index in [2.05, 4.69) is 0 Å². The van der Waals surface area contributed by atoms with Crippen LogP contribution in [0, 0.1) is 0 Å². The Kier molecular flexibility index (Phi) is 5.07. The highest BCUT2D eigenvalue weighted by atomic mass is 16.5. The maximum absolute atomic E-state index is 10.6. The standard InChI is InChI=1S/C13H17NO3/c1-3-8-17-11-6-4-10(5-7-13(14)15)9-12(11)16-2/h4-7,9H,3,8H2,1-2H3,(H2,14,15)/b7-5-. The zero-order chi connectivity index (χ0) is 12.7. The molecule has 4 heteroatoms. The fourth-order valence-corrected chi connectivity index (χ4v) is 1.30. The molecule has 0 atom stereocenters. The third-order valence-corrected chi connectivity index (χ3v) is 2.09. The quantitative estimate of drug-likeness (QED) is 0.767. The number of nitrogens with two attached hydrogens (primary N) is 1. The van der Waals surface area contributed by atoms with Crippen molar-refractivity contribution >= 4 is 12.0 Å². The molecule has 0 aliphatic rings. The van der Waals surface area contributed by atoms with E-state index in [-0.39, 0.29) is 0 Å². The van der Waals surface area contributed by atoms with Gasteiger partial charge in [-0.05, 0) is 30.2 Å². The molecule has 1 rings (SSSR count). The molecular formula is C13H17NO3. The Morgan fingerprint density at radius 2 is 2.18 bits per heavy atom. The first-order valence-electron chi connectivity index (χ1n) is 5.45. The molecule has 92 valence electrons. The summed E-state index contributed by atoms with van der Waals surface area (Å²) in [5, 5.41) is 0. The first-order chi connectivity index (χ1) is 8.17. The second kappa shape index (κ2) is 6.58. The van der Waals surface area contributed by atoms with Crippen LogP contribution in [0.15, 0.2) is 24.3 Å². The molecule has 0 spiro atoms. The fourth-order valence-electron chi connectivity index (χ4n) is 1.30. The number of carbonyl (C=O) groups excluding carboxylic acids is 1. The van der Waals surface area contributed by atoms with E-state index >= 15 is 0 Å². The minimum absolute atomic E-state index is 0.477. The zero-order valence-corrected chi connectivity index (χ0v) is 10.1. The predicted octanol–water partition coefficient (Wildman–Crippen LogP) is 1.98. The number of amides is 1. The molecule has 0 aliphatic heterocycles. The van der Waals surface area contributed by atoms with Gasteiger partial charge in [-0.25, -0.2) is 0 Å². The van der Waals surface area contributed by atoms with Gasteiger partial charge in [0.2, 0.25) is 5.91 Å². The third kappa shape index (κ3) is 4.18. The maximum atomic E-state index is 10.6. The van der Waals surface area contributed by atoms with Crippen molar-refractivity contribution in [3.05, 3.63) is 29.8 Å². The Morgan fingerprint density at radius 3 is 2.76 bits per heavy atom. The van der Waals surface area contributed by atoms with Crippen LogP contribution < -0.4 is 15.2 Å². The molecule has 0 heterocycles. The van der Waals surface area contributed by atoms with E-state index in [0.717, 1.165) is 12.0 Å². The first kappa shape index (κ1) is 13.1. The summed E-state index contributed by atoms with van der Waals surface area (Å²) in [6.45, 7) is 2.68. The molecule has 2 N–H and O–H groups in total. The third-order valence-electron chi connectivity index (χ3n) is 2.09. The van der Waals surface area contributed by atoms with Crippen LogP contribution in [0.4, 0.5) is 0 Å². The number of rotatable bonds is 6. The van der Waals surface area contributed by atoms with Crippen molar-refractivity contribution in [1.82, 2.24) is 0 Å². The van der Waals surface area contributed by atoms with E-state index in [0.29, 0.717) is 18.1 Å². The number of benzene rings is 1. The topological polar surface area (TPSA) is 61.5 Å². The molecule has 0 aliphatic carbocycles. The number of methoxy groups -OCH3 is 1. The summed E-state index contributed by atoms with van der Waals surface area (Å²) in [6, 6.07) is 5.45. The highest BCUT2D eigenvalue weighted by Gasteiger charge is 2.04. The Bertz CT molecular complexity index is 413. The van der Waals surface area contributed by atoms with Crippen LogP contribution in [0.25, 0.3) is 6.08 Å². The summed E-state index contributed by atoms with van der Waals surface area (Å²) in [7, 11) is 1.58. The van der Waals surface area contributed by atoms with E-state index in [1.807, 2.05) is 19.1 Å². The molecule has 0 saturated carbocycles. The Hall–Kier alpha value is -1.97. The molecule has 0 aromatic heterocycles. The molecule has 4 nitrogen and oxygen atoms in total. The molecular weight excluding hydrogens is 218 g/mol. The fraction of sp³-hybridized carbons (Fsp3) is 0.308. The van der Waals surface area contributed by atoms with Gasteiger partial charge in [0.1, 0.15) is 0 Å². The monoisotopic (exact) mass is 235 g/mol. The van der Waals surface area contributed by atoms with Crippen LogP contribution in [0.1, 0.15) is 18.9 Å². The summed E-state index contributed by atoms with van der Waals surface area (Å²) in [5.74, 6) is 0.867. The van der Waals surface area contributed by atoms with Crippen LogP contribution >= 0.6 is 0 Å². The summed E-state index contributed by atoms with van der Waals surface area (Å²) in [6.07, 6.45) is 3.88. The lowest BCUT2D eigenvalue weighted by Gasteiger charge is -2.10. The molecule has 0 fully saturated rings. The minimum Gasteiger partial charge on any atom is -0.493 e. The minimum atomic E-state index is -0.477. The lowest BCUT2D eigenvalue weighted by molar-refractivity contribution is -0.113. The zero-order valence-electron chi connectivity index (χ0n) is 10.1. The van der Waals surface area contributed by atoms with E-state index in [4.69, 9.17) is 15.2 Å². The van der Waals surface area contributed by atoms with Gasteiger partial charge in [-0.2, -0.15) is 0 Å². The molecule has 0 radical (unpaired) electrons. The predicted molar refractivity (Wildman–Crippen MR) is 67.0 cm³/mol. The van der Waals surface area contributed by atoms with Crippen LogP contribution in [0.2, 0.25) is 0 Å². The van der Waals surface area contributed by atoms with Crippen LogP contribution in [0.5, 0.6) is 11.5 Å². The van der Waals surface area contributed by atoms with E-state index in [1.54, 1.807) is 19.3 Å². The number of primary amides is 1. The maximum Gasteiger partial charge on any atom is 0.241 e. The first-order valence-corrected chi connectivity index (χ1v) is 5.45. The Labute approximate surface area is 101 Å². The lowest BCUT2D eigenvalue weighted by atomic mass is 10.2. The molecule has 0 unspecified atom stereocenters. The SMILES string of the molecule is CCCOc1ccc(/C=C\C(N)=O)cc1OC. The van der Waals surface area contributed by atoms with Crippen molar-refractivity contribution in [2.75, 3.05) is 13.7 Å². The van der Waals surface area contributed by atoms with Gasteiger partial charge in [0.15, 0.2) is 11.5 Å². The second-order valence-electron chi connectivity index (χ2n) is 3.49. The van der Waals surface area contributed by atoms with Gasteiger partial charge < -0.3 is 15.2 Å². The highest BCUT2D eigenvalue weighted by Crippen LogP contribution is 2.28. The summed E-state index contributed by atoms with van der Waals surface area (Å²) in [5.41, 5.74) is 5.86. The van der Waals surface area contributed by atoms with Crippen molar-refractivity contribution in [3.63, 3.8) is 0 Å². The lowest BCUT2D eigenvalue weighted by Crippen LogP contribution is -2.05. The van der Waals surface area contributed by atoms with Crippen molar-refractivity contribution in [2.24, 2.45) is 5.73 Å². The largest absolute Gasteiger partial charge is 0.493 e. The molecule has 1 aromatic rings.